The van der Waals surface area contributed by atoms with Gasteiger partial charge in [0.25, 0.3) is 5.78 Å². The van der Waals surface area contributed by atoms with Gasteiger partial charge in [-0.05, 0) is 31.5 Å². The van der Waals surface area contributed by atoms with Crippen LogP contribution in [0, 0.1) is 0 Å². The lowest BCUT2D eigenvalue weighted by Crippen LogP contribution is -2.38. The second-order valence-corrected chi connectivity index (χ2v) is 5.92. The highest BCUT2D eigenvalue weighted by Gasteiger charge is 2.45. The third kappa shape index (κ3) is 2.13. The Bertz CT molecular complexity index is 556. The van der Waals surface area contributed by atoms with Gasteiger partial charge in [-0.25, -0.2) is 0 Å². The van der Waals surface area contributed by atoms with Crippen LogP contribution < -0.4 is 10.1 Å². The number of hydrogen-bond donors (Lipinski definition) is 1. The molecule has 0 bridgehead atoms. The molecule has 0 radical (unpaired) electrons. The summed E-state index contributed by atoms with van der Waals surface area (Å²) < 4.78 is 43.1. The first-order chi connectivity index (χ1) is 9.16. The van der Waals surface area contributed by atoms with Crippen molar-refractivity contribution in [3.8, 4) is 5.75 Å². The number of carbonyl (C=O) groups excluding carboxylic acids is 1. The number of alkyl halides is 3. The van der Waals surface area contributed by atoms with Crippen molar-refractivity contribution in [2.24, 2.45) is 0 Å². The second-order valence-electron chi connectivity index (χ2n) is 5.92. The van der Waals surface area contributed by atoms with E-state index in [0.717, 1.165) is 5.56 Å². The van der Waals surface area contributed by atoms with Crippen LogP contribution in [0.15, 0.2) is 12.1 Å². The topological polar surface area (TPSA) is 38.3 Å². The molecule has 1 atom stereocenters. The Kier molecular flexibility index (Phi) is 2.59. The largest absolute Gasteiger partial charge is 0.487 e. The average Bonchev–Trinajstić information content (AvgIpc) is 2.80. The summed E-state index contributed by atoms with van der Waals surface area (Å²) in [5, 5.41) is 2.67. The smallest absolute Gasteiger partial charge is 0.452 e. The lowest BCUT2D eigenvalue weighted by molar-refractivity contribution is -0.171. The van der Waals surface area contributed by atoms with Crippen molar-refractivity contribution >= 4 is 11.5 Å². The van der Waals surface area contributed by atoms with Gasteiger partial charge < -0.3 is 10.1 Å². The molecule has 1 aromatic rings. The van der Waals surface area contributed by atoms with E-state index in [2.05, 4.69) is 5.32 Å². The van der Waals surface area contributed by atoms with Gasteiger partial charge in [0, 0.05) is 24.1 Å². The molecule has 2 aliphatic heterocycles. The average molecular weight is 285 g/mol. The van der Waals surface area contributed by atoms with E-state index < -0.39 is 18.0 Å². The van der Waals surface area contributed by atoms with Gasteiger partial charge in [-0.2, -0.15) is 13.2 Å². The van der Waals surface area contributed by atoms with Crippen molar-refractivity contribution in [3.63, 3.8) is 0 Å². The number of benzene rings is 1. The van der Waals surface area contributed by atoms with E-state index in [1.165, 1.54) is 0 Å². The molecule has 6 heteroatoms. The maximum atomic E-state index is 12.4. The van der Waals surface area contributed by atoms with Crippen LogP contribution in [-0.4, -0.2) is 23.6 Å². The zero-order chi connectivity index (χ0) is 14.7. The van der Waals surface area contributed by atoms with Crippen LogP contribution >= 0.6 is 0 Å². The first kappa shape index (κ1) is 13.3. The summed E-state index contributed by atoms with van der Waals surface area (Å²) in [5.74, 6) is -1.02. The van der Waals surface area contributed by atoms with Crippen LogP contribution in [0.2, 0.25) is 0 Å². The Morgan fingerprint density at radius 2 is 2.05 bits per heavy atom. The Morgan fingerprint density at radius 1 is 1.35 bits per heavy atom. The molecule has 3 rings (SSSR count). The monoisotopic (exact) mass is 285 g/mol. The maximum Gasteiger partial charge on any atom is 0.452 e. The van der Waals surface area contributed by atoms with Crippen LogP contribution in [0.25, 0.3) is 0 Å². The molecule has 1 unspecified atom stereocenters. The van der Waals surface area contributed by atoms with Gasteiger partial charge in [0.15, 0.2) is 0 Å². The fourth-order valence-electron chi connectivity index (χ4n) is 2.81. The quantitative estimate of drug-likeness (QED) is 0.862. The fourth-order valence-corrected chi connectivity index (χ4v) is 2.81. The van der Waals surface area contributed by atoms with E-state index in [1.54, 1.807) is 12.1 Å². The Morgan fingerprint density at radius 3 is 2.70 bits per heavy atom. The summed E-state index contributed by atoms with van der Waals surface area (Å²) in [4.78, 5) is 11.3. The SMILES string of the molecule is CC1(C)Cc2cc3c(cc2O1)CC(C(=O)C(F)(F)F)N3. The molecule has 108 valence electrons. The minimum atomic E-state index is -4.80. The number of nitrogens with one attached hydrogen (secondary N) is 1. The van der Waals surface area contributed by atoms with Crippen LogP contribution in [0.4, 0.5) is 18.9 Å². The van der Waals surface area contributed by atoms with E-state index in [0.29, 0.717) is 23.4 Å². The highest BCUT2D eigenvalue weighted by atomic mass is 19.4. The number of ether oxygens (including phenoxy) is 1. The fraction of sp³-hybridized carbons (Fsp3) is 0.500. The molecule has 3 nitrogen and oxygen atoms in total. The summed E-state index contributed by atoms with van der Waals surface area (Å²) in [5.41, 5.74) is 1.97. The molecular weight excluding hydrogens is 271 g/mol. The van der Waals surface area contributed by atoms with Gasteiger partial charge in [-0.15, -0.1) is 0 Å². The highest BCUT2D eigenvalue weighted by Crippen LogP contribution is 2.41. The van der Waals surface area contributed by atoms with Crippen molar-refractivity contribution in [1.29, 1.82) is 0 Å². The molecule has 2 aliphatic rings. The minimum absolute atomic E-state index is 0.0464. The number of carbonyl (C=O) groups is 1. The van der Waals surface area contributed by atoms with Gasteiger partial charge >= 0.3 is 6.18 Å². The van der Waals surface area contributed by atoms with Crippen LogP contribution in [0.3, 0.4) is 0 Å². The molecule has 2 heterocycles. The Balaban J connectivity index is 1.86. The molecule has 0 amide bonds. The molecule has 0 saturated carbocycles. The number of ketones is 1. The van der Waals surface area contributed by atoms with Gasteiger partial charge in [0.2, 0.25) is 0 Å². The number of rotatable bonds is 1. The van der Waals surface area contributed by atoms with E-state index in [9.17, 15) is 18.0 Å². The minimum Gasteiger partial charge on any atom is -0.487 e. The van der Waals surface area contributed by atoms with Crippen molar-refractivity contribution in [1.82, 2.24) is 0 Å². The number of anilines is 1. The van der Waals surface area contributed by atoms with Crippen LogP contribution in [0.1, 0.15) is 25.0 Å². The Hall–Kier alpha value is -1.72. The summed E-state index contributed by atoms with van der Waals surface area (Å²) in [6.45, 7) is 3.92. The van der Waals surface area contributed by atoms with Crippen LogP contribution in [-0.2, 0) is 17.6 Å². The zero-order valence-corrected chi connectivity index (χ0v) is 11.1. The summed E-state index contributed by atoms with van der Waals surface area (Å²) >= 11 is 0. The van der Waals surface area contributed by atoms with Gasteiger partial charge in [0.05, 0.1) is 6.04 Å². The lowest BCUT2D eigenvalue weighted by Gasteiger charge is -2.16. The second kappa shape index (κ2) is 3.90. The molecule has 0 aromatic heterocycles. The summed E-state index contributed by atoms with van der Waals surface area (Å²) in [6.07, 6.45) is -4.05. The van der Waals surface area contributed by atoms with E-state index >= 15 is 0 Å². The molecule has 0 saturated heterocycles. The molecule has 20 heavy (non-hydrogen) atoms. The third-order valence-corrected chi connectivity index (χ3v) is 3.64. The van der Waals surface area contributed by atoms with E-state index in [-0.39, 0.29) is 12.0 Å². The number of fused-ring (bicyclic) bond motifs is 2. The predicted molar refractivity (Wildman–Crippen MR) is 67.0 cm³/mol. The molecule has 0 fully saturated rings. The predicted octanol–water partition coefficient (Wildman–Crippen LogP) is 2.87. The molecule has 0 spiro atoms. The molecule has 0 aliphatic carbocycles. The highest BCUT2D eigenvalue weighted by molar-refractivity contribution is 5.93. The number of hydrogen-bond acceptors (Lipinski definition) is 3. The van der Waals surface area contributed by atoms with E-state index in [1.807, 2.05) is 13.8 Å². The summed E-state index contributed by atoms with van der Waals surface area (Å²) in [6, 6.07) is 2.32. The molecule has 1 N–H and O–H groups in total. The van der Waals surface area contributed by atoms with E-state index in [4.69, 9.17) is 4.74 Å². The summed E-state index contributed by atoms with van der Waals surface area (Å²) in [7, 11) is 0. The van der Waals surface area contributed by atoms with Gasteiger partial charge in [0.1, 0.15) is 11.4 Å². The number of halogens is 3. The molecule has 1 aromatic carbocycles. The zero-order valence-electron chi connectivity index (χ0n) is 11.1. The van der Waals surface area contributed by atoms with Crippen LogP contribution in [0.5, 0.6) is 5.75 Å². The van der Waals surface area contributed by atoms with Gasteiger partial charge in [-0.1, -0.05) is 0 Å². The Labute approximate surface area is 114 Å². The van der Waals surface area contributed by atoms with Gasteiger partial charge in [-0.3, -0.25) is 4.79 Å². The molecular formula is C14H14F3NO2. The van der Waals surface area contributed by atoms with Crippen molar-refractivity contribution in [2.45, 2.75) is 44.5 Å². The van der Waals surface area contributed by atoms with Crippen molar-refractivity contribution in [3.05, 3.63) is 23.3 Å². The number of Topliss-reactive ketones (excluding diaryl/α,β-unsaturated/α-hetero) is 1. The van der Waals surface area contributed by atoms with Crippen molar-refractivity contribution in [2.75, 3.05) is 5.32 Å². The maximum absolute atomic E-state index is 12.4. The first-order valence-corrected chi connectivity index (χ1v) is 6.38. The lowest BCUT2D eigenvalue weighted by atomic mass is 9.99. The standard InChI is InChI=1S/C14H14F3NO2/c1-13(2)6-8-4-9-7(5-11(8)20-13)3-10(18-9)12(19)14(15,16)17/h4-5,10,18H,3,6H2,1-2H3. The van der Waals surface area contributed by atoms with Crippen molar-refractivity contribution < 1.29 is 22.7 Å². The first-order valence-electron chi connectivity index (χ1n) is 6.38. The third-order valence-electron chi connectivity index (χ3n) is 3.64. The normalized spacial score (nSPS) is 22.8.